The third-order valence-electron chi connectivity index (χ3n) is 1.51. The average Bonchev–Trinajstić information content (AvgIpc) is 2.05. The van der Waals surface area contributed by atoms with Gasteiger partial charge in [-0.2, -0.15) is 0 Å². The van der Waals surface area contributed by atoms with Crippen molar-refractivity contribution < 1.29 is 4.39 Å². The molecule has 0 heterocycles. The number of nitrogens with one attached hydrogen (secondary N) is 1. The molecule has 1 aromatic carbocycles. The van der Waals surface area contributed by atoms with Crippen LogP contribution in [0.2, 0.25) is 0 Å². The van der Waals surface area contributed by atoms with Crippen molar-refractivity contribution in [3.63, 3.8) is 0 Å². The van der Waals surface area contributed by atoms with Crippen LogP contribution >= 0.6 is 12.4 Å². The van der Waals surface area contributed by atoms with Crippen molar-refractivity contribution in [2.75, 3.05) is 6.54 Å². The second-order valence-electron chi connectivity index (χ2n) is 2.55. The molecule has 0 aliphatic heterocycles. The average molecular weight is 202 g/mol. The lowest BCUT2D eigenvalue weighted by Crippen LogP contribution is -2.12. The fourth-order valence-corrected chi connectivity index (χ4v) is 0.965. The van der Waals surface area contributed by atoms with Gasteiger partial charge in [-0.1, -0.05) is 18.2 Å². The fraction of sp³-hybridized carbons (Fsp3) is 0.200. The highest BCUT2D eigenvalue weighted by Gasteiger charge is 1.92. The predicted octanol–water partition coefficient (Wildman–Crippen LogP) is 2.52. The Labute approximate surface area is 84.1 Å². The molecule has 0 unspecified atom stereocenters. The van der Waals surface area contributed by atoms with Crippen LogP contribution < -0.4 is 5.32 Å². The lowest BCUT2D eigenvalue weighted by molar-refractivity contribution is 0.623. The van der Waals surface area contributed by atoms with Gasteiger partial charge in [-0.05, 0) is 17.7 Å². The smallest absolute Gasteiger partial charge is 0.123 e. The molecule has 1 rings (SSSR count). The van der Waals surface area contributed by atoms with E-state index in [9.17, 15) is 4.39 Å². The molecular formula is C10H13ClFN. The summed E-state index contributed by atoms with van der Waals surface area (Å²) in [5, 5.41) is 3.09. The quantitative estimate of drug-likeness (QED) is 0.583. The topological polar surface area (TPSA) is 12.0 Å². The first kappa shape index (κ1) is 12.1. The molecule has 0 bridgehead atoms. The van der Waals surface area contributed by atoms with Crippen LogP contribution in [0.25, 0.3) is 0 Å². The molecule has 1 aromatic rings. The van der Waals surface area contributed by atoms with Gasteiger partial charge < -0.3 is 5.32 Å². The number of hydrogen-bond acceptors (Lipinski definition) is 1. The van der Waals surface area contributed by atoms with Crippen LogP contribution in [0, 0.1) is 5.82 Å². The summed E-state index contributed by atoms with van der Waals surface area (Å²) in [7, 11) is 0. The monoisotopic (exact) mass is 201 g/mol. The molecule has 72 valence electrons. The molecule has 0 fully saturated rings. The molecule has 0 radical (unpaired) electrons. The molecule has 0 aliphatic carbocycles. The Balaban J connectivity index is 0.00000144. The molecule has 0 aromatic heterocycles. The molecule has 0 saturated carbocycles. The van der Waals surface area contributed by atoms with Crippen molar-refractivity contribution in [2.45, 2.75) is 6.54 Å². The van der Waals surface area contributed by atoms with Crippen molar-refractivity contribution >= 4 is 12.4 Å². The number of benzene rings is 1. The Morgan fingerprint density at radius 2 is 2.23 bits per heavy atom. The third-order valence-corrected chi connectivity index (χ3v) is 1.51. The standard InChI is InChI=1S/C10H12FN.ClH/c1-2-6-12-8-9-4-3-5-10(11)7-9;/h2-5,7,12H,1,6,8H2;1H. The first-order chi connectivity index (χ1) is 5.83. The van der Waals surface area contributed by atoms with E-state index in [0.717, 1.165) is 12.1 Å². The fourth-order valence-electron chi connectivity index (χ4n) is 0.965. The minimum atomic E-state index is -0.187. The Bertz CT molecular complexity index is 263. The van der Waals surface area contributed by atoms with Gasteiger partial charge in [-0.3, -0.25) is 0 Å². The van der Waals surface area contributed by atoms with Crippen molar-refractivity contribution in [2.24, 2.45) is 0 Å². The lowest BCUT2D eigenvalue weighted by Gasteiger charge is -2.01. The second kappa shape index (κ2) is 6.63. The van der Waals surface area contributed by atoms with E-state index in [2.05, 4.69) is 11.9 Å². The zero-order valence-corrected chi connectivity index (χ0v) is 8.11. The summed E-state index contributed by atoms with van der Waals surface area (Å²) in [6, 6.07) is 6.56. The maximum Gasteiger partial charge on any atom is 0.123 e. The van der Waals surface area contributed by atoms with E-state index in [-0.39, 0.29) is 18.2 Å². The van der Waals surface area contributed by atoms with Crippen LogP contribution in [0.1, 0.15) is 5.56 Å². The summed E-state index contributed by atoms with van der Waals surface area (Å²) < 4.78 is 12.6. The van der Waals surface area contributed by atoms with Crippen LogP contribution in [0.4, 0.5) is 4.39 Å². The van der Waals surface area contributed by atoms with Crippen molar-refractivity contribution in [3.05, 3.63) is 48.3 Å². The SMILES string of the molecule is C=CCNCc1cccc(F)c1.Cl. The normalized spacial score (nSPS) is 9.00. The molecule has 3 heteroatoms. The van der Waals surface area contributed by atoms with Gasteiger partial charge in [-0.25, -0.2) is 4.39 Å². The zero-order valence-electron chi connectivity index (χ0n) is 7.29. The highest BCUT2D eigenvalue weighted by atomic mass is 35.5. The van der Waals surface area contributed by atoms with Crippen LogP contribution in [-0.2, 0) is 6.54 Å². The highest BCUT2D eigenvalue weighted by molar-refractivity contribution is 5.85. The third kappa shape index (κ3) is 4.65. The molecule has 1 N–H and O–H groups in total. The Morgan fingerprint density at radius 3 is 2.85 bits per heavy atom. The zero-order chi connectivity index (χ0) is 8.81. The van der Waals surface area contributed by atoms with Crippen LogP contribution in [0.5, 0.6) is 0 Å². The predicted molar refractivity (Wildman–Crippen MR) is 55.6 cm³/mol. The van der Waals surface area contributed by atoms with Gasteiger partial charge in [0.15, 0.2) is 0 Å². The molecule has 0 saturated heterocycles. The lowest BCUT2D eigenvalue weighted by atomic mass is 10.2. The van der Waals surface area contributed by atoms with Gasteiger partial charge in [0.1, 0.15) is 5.82 Å². The molecular weight excluding hydrogens is 189 g/mol. The van der Waals surface area contributed by atoms with Crippen LogP contribution in [0.3, 0.4) is 0 Å². The summed E-state index contributed by atoms with van der Waals surface area (Å²) in [5.74, 6) is -0.187. The van der Waals surface area contributed by atoms with Crippen molar-refractivity contribution in [1.82, 2.24) is 5.32 Å². The number of rotatable bonds is 4. The minimum absolute atomic E-state index is 0. The summed E-state index contributed by atoms with van der Waals surface area (Å²) in [5.41, 5.74) is 0.955. The number of halogens is 2. The van der Waals surface area contributed by atoms with Gasteiger partial charge in [0, 0.05) is 13.1 Å². The summed E-state index contributed by atoms with van der Waals surface area (Å²) in [4.78, 5) is 0. The van der Waals surface area contributed by atoms with E-state index < -0.39 is 0 Å². The van der Waals surface area contributed by atoms with Gasteiger partial charge in [-0.15, -0.1) is 19.0 Å². The van der Waals surface area contributed by atoms with Gasteiger partial charge in [0.05, 0.1) is 0 Å². The molecule has 1 nitrogen and oxygen atoms in total. The minimum Gasteiger partial charge on any atom is -0.309 e. The molecule has 0 spiro atoms. The van der Waals surface area contributed by atoms with E-state index in [1.54, 1.807) is 12.1 Å². The summed E-state index contributed by atoms with van der Waals surface area (Å²) >= 11 is 0. The molecule has 0 atom stereocenters. The Morgan fingerprint density at radius 1 is 1.46 bits per heavy atom. The van der Waals surface area contributed by atoms with E-state index in [1.165, 1.54) is 12.1 Å². The van der Waals surface area contributed by atoms with Crippen molar-refractivity contribution in [1.29, 1.82) is 0 Å². The van der Waals surface area contributed by atoms with Gasteiger partial charge >= 0.3 is 0 Å². The van der Waals surface area contributed by atoms with Crippen molar-refractivity contribution in [3.8, 4) is 0 Å². The maximum atomic E-state index is 12.6. The summed E-state index contributed by atoms with van der Waals surface area (Å²) in [6.45, 7) is 5.00. The highest BCUT2D eigenvalue weighted by Crippen LogP contribution is 2.02. The Hall–Kier alpha value is -0.860. The largest absolute Gasteiger partial charge is 0.309 e. The molecule has 13 heavy (non-hydrogen) atoms. The van der Waals surface area contributed by atoms with E-state index in [0.29, 0.717) is 6.54 Å². The van der Waals surface area contributed by atoms with Gasteiger partial charge in [0.25, 0.3) is 0 Å². The Kier molecular flexibility index (Phi) is 6.20. The van der Waals surface area contributed by atoms with E-state index >= 15 is 0 Å². The van der Waals surface area contributed by atoms with E-state index in [4.69, 9.17) is 0 Å². The maximum absolute atomic E-state index is 12.6. The summed E-state index contributed by atoms with van der Waals surface area (Å²) in [6.07, 6.45) is 1.78. The first-order valence-electron chi connectivity index (χ1n) is 3.89. The molecule has 0 aliphatic rings. The first-order valence-corrected chi connectivity index (χ1v) is 3.89. The van der Waals surface area contributed by atoms with Gasteiger partial charge in [0.2, 0.25) is 0 Å². The second-order valence-corrected chi connectivity index (χ2v) is 2.55. The molecule has 0 amide bonds. The number of hydrogen-bond donors (Lipinski definition) is 1. The van der Waals surface area contributed by atoms with E-state index in [1.807, 2.05) is 6.07 Å². The van der Waals surface area contributed by atoms with Crippen LogP contribution in [0.15, 0.2) is 36.9 Å². The van der Waals surface area contributed by atoms with Crippen LogP contribution in [-0.4, -0.2) is 6.54 Å².